The number of anilines is 1. The lowest BCUT2D eigenvalue weighted by Crippen LogP contribution is -2.43. The van der Waals surface area contributed by atoms with Crippen LogP contribution in [0.15, 0.2) is 24.5 Å². The maximum atomic E-state index is 13.1. The number of rotatable bonds is 14. The van der Waals surface area contributed by atoms with E-state index < -0.39 is 10.0 Å². The molecule has 0 atom stereocenters. The van der Waals surface area contributed by atoms with E-state index >= 15 is 0 Å². The highest BCUT2D eigenvalue weighted by molar-refractivity contribution is 7.89. The molecule has 0 bridgehead atoms. The summed E-state index contributed by atoms with van der Waals surface area (Å²) in [6, 6.07) is 3.82. The van der Waals surface area contributed by atoms with E-state index in [1.165, 1.54) is 6.42 Å². The van der Waals surface area contributed by atoms with Crippen molar-refractivity contribution in [2.24, 2.45) is 0 Å². The van der Waals surface area contributed by atoms with Crippen LogP contribution in [0.1, 0.15) is 64.2 Å². The Kier molecular flexibility index (Phi) is 12.0. The Labute approximate surface area is 194 Å². The number of aromatic nitrogens is 1. The Morgan fingerprint density at radius 1 is 1.03 bits per heavy atom. The fourth-order valence-corrected chi connectivity index (χ4v) is 6.05. The lowest BCUT2D eigenvalue weighted by molar-refractivity contribution is 0.242. The molecule has 8 nitrogen and oxygen atoms in total. The van der Waals surface area contributed by atoms with Crippen LogP contribution in [0.3, 0.4) is 0 Å². The van der Waals surface area contributed by atoms with Crippen LogP contribution in [0.25, 0.3) is 0 Å². The zero-order valence-corrected chi connectivity index (χ0v) is 20.7. The largest absolute Gasteiger partial charge is 0.356 e. The third-order valence-electron chi connectivity index (χ3n) is 5.90. The van der Waals surface area contributed by atoms with E-state index in [1.54, 1.807) is 12.4 Å². The van der Waals surface area contributed by atoms with E-state index in [0.29, 0.717) is 19.5 Å². The smallest absolute Gasteiger partial charge is 0.214 e. The number of hydrogen-bond donors (Lipinski definition) is 3. The quantitative estimate of drug-likeness (QED) is 0.220. The average molecular weight is 467 g/mol. The van der Waals surface area contributed by atoms with Crippen molar-refractivity contribution in [3.63, 3.8) is 0 Å². The fourth-order valence-electron chi connectivity index (χ4n) is 4.18. The number of pyridine rings is 1. The molecular formula is C23H42N6O2S. The summed E-state index contributed by atoms with van der Waals surface area (Å²) in [6.07, 6.45) is 13.2. The lowest BCUT2D eigenvalue weighted by atomic mass is 9.95. The van der Waals surface area contributed by atoms with Gasteiger partial charge in [-0.3, -0.25) is 10.4 Å². The van der Waals surface area contributed by atoms with Crippen molar-refractivity contribution in [1.82, 2.24) is 19.5 Å². The summed E-state index contributed by atoms with van der Waals surface area (Å²) in [7, 11) is 0.855. The summed E-state index contributed by atoms with van der Waals surface area (Å²) in [6.45, 7) is 2.25. The molecule has 182 valence electrons. The van der Waals surface area contributed by atoms with Crippen LogP contribution in [-0.2, 0) is 10.0 Å². The third-order valence-corrected chi connectivity index (χ3v) is 7.90. The first-order valence-electron chi connectivity index (χ1n) is 12.0. The molecule has 0 unspecified atom stereocenters. The van der Waals surface area contributed by atoms with E-state index in [9.17, 15) is 8.42 Å². The highest BCUT2D eigenvalue weighted by Crippen LogP contribution is 2.25. The molecular weight excluding hydrogens is 424 g/mol. The normalized spacial score (nSPS) is 15.2. The van der Waals surface area contributed by atoms with E-state index in [-0.39, 0.29) is 17.8 Å². The molecule has 0 aliphatic heterocycles. The van der Waals surface area contributed by atoms with Crippen molar-refractivity contribution in [3.8, 4) is 0 Å². The Balaban J connectivity index is 1.66. The highest BCUT2D eigenvalue weighted by atomic mass is 32.2. The van der Waals surface area contributed by atoms with Crippen molar-refractivity contribution >= 4 is 21.7 Å². The van der Waals surface area contributed by atoms with Gasteiger partial charge >= 0.3 is 0 Å². The Bertz CT molecular complexity index is 751. The molecule has 1 fully saturated rings. The van der Waals surface area contributed by atoms with Crippen molar-refractivity contribution < 1.29 is 8.42 Å². The number of guanidine groups is 1. The third kappa shape index (κ3) is 10.3. The maximum Gasteiger partial charge on any atom is 0.214 e. The number of sulfonamides is 1. The van der Waals surface area contributed by atoms with Gasteiger partial charge in [-0.25, -0.2) is 8.42 Å². The summed E-state index contributed by atoms with van der Waals surface area (Å²) < 4.78 is 28.1. The van der Waals surface area contributed by atoms with Crippen LogP contribution >= 0.6 is 0 Å². The van der Waals surface area contributed by atoms with Crippen molar-refractivity contribution in [2.45, 2.75) is 70.3 Å². The minimum absolute atomic E-state index is 0.194. The minimum Gasteiger partial charge on any atom is -0.356 e. The summed E-state index contributed by atoms with van der Waals surface area (Å²) in [5.74, 6) is 0.512. The van der Waals surface area contributed by atoms with Crippen LogP contribution < -0.4 is 10.6 Å². The molecule has 0 aromatic carbocycles. The van der Waals surface area contributed by atoms with E-state index in [4.69, 9.17) is 5.41 Å². The Hall–Kier alpha value is -1.71. The number of nitrogens with one attached hydrogen (secondary N) is 3. The molecule has 1 saturated carbocycles. The molecule has 1 aromatic rings. The van der Waals surface area contributed by atoms with Crippen molar-refractivity contribution in [1.29, 1.82) is 5.41 Å². The summed E-state index contributed by atoms with van der Waals surface area (Å²) in [5.41, 5.74) is 0.829. The first-order valence-corrected chi connectivity index (χ1v) is 13.6. The molecule has 1 aliphatic rings. The number of hydrogen-bond acceptors (Lipinski definition) is 5. The molecule has 1 aromatic heterocycles. The predicted octanol–water partition coefficient (Wildman–Crippen LogP) is 3.49. The Morgan fingerprint density at radius 3 is 2.41 bits per heavy atom. The Morgan fingerprint density at radius 2 is 1.72 bits per heavy atom. The molecule has 0 radical (unpaired) electrons. The maximum absolute atomic E-state index is 13.1. The standard InChI is InChI=1S/C23H42N6O2S/c1-28(2)18-10-19-29(22-11-6-5-7-12-22)32(30,31)20-9-4-3-8-15-26-23(24)27-21-13-16-25-17-14-21/h13-14,16-17,22H,3-12,15,18-20H2,1-2H3,(H3,24,25,26,27). The zero-order chi connectivity index (χ0) is 23.2. The SMILES string of the molecule is CN(C)CCCN(C1CCCCC1)S(=O)(=O)CCCCCCNC(=N)Nc1ccncc1. The van der Waals surface area contributed by atoms with Crippen molar-refractivity contribution in [2.75, 3.05) is 44.8 Å². The van der Waals surface area contributed by atoms with Gasteiger partial charge < -0.3 is 15.5 Å². The van der Waals surface area contributed by atoms with Crippen LogP contribution in [0.2, 0.25) is 0 Å². The topological polar surface area (TPSA) is 101 Å². The summed E-state index contributed by atoms with van der Waals surface area (Å²) in [5, 5.41) is 13.9. The van der Waals surface area contributed by atoms with Gasteiger partial charge in [0, 0.05) is 37.2 Å². The summed E-state index contributed by atoms with van der Waals surface area (Å²) in [4.78, 5) is 6.07. The van der Waals surface area contributed by atoms with Gasteiger partial charge in [-0.1, -0.05) is 32.1 Å². The number of nitrogens with zero attached hydrogens (tertiary/aromatic N) is 3. The van der Waals surface area contributed by atoms with Crippen molar-refractivity contribution in [3.05, 3.63) is 24.5 Å². The van der Waals surface area contributed by atoms with Gasteiger partial charge in [0.1, 0.15) is 0 Å². The predicted molar refractivity (Wildman–Crippen MR) is 133 cm³/mol. The molecule has 0 spiro atoms. The zero-order valence-electron chi connectivity index (χ0n) is 19.9. The highest BCUT2D eigenvalue weighted by Gasteiger charge is 2.30. The van der Waals surface area contributed by atoms with E-state index in [0.717, 1.165) is 63.6 Å². The first-order chi connectivity index (χ1) is 15.4. The van der Waals surface area contributed by atoms with E-state index in [2.05, 4.69) is 20.5 Å². The average Bonchev–Trinajstić information content (AvgIpc) is 2.77. The van der Waals surface area contributed by atoms with Crippen LogP contribution in [0.5, 0.6) is 0 Å². The van der Waals surface area contributed by atoms with Gasteiger partial charge in [0.2, 0.25) is 10.0 Å². The number of unbranched alkanes of at least 4 members (excludes halogenated alkanes) is 3. The second kappa shape index (κ2) is 14.4. The second-order valence-corrected chi connectivity index (χ2v) is 11.0. The lowest BCUT2D eigenvalue weighted by Gasteiger charge is -2.33. The van der Waals surface area contributed by atoms with Gasteiger partial charge in [-0.05, 0) is 64.9 Å². The van der Waals surface area contributed by atoms with E-state index in [1.807, 2.05) is 30.5 Å². The van der Waals surface area contributed by atoms with Crippen LogP contribution in [-0.4, -0.2) is 74.1 Å². The molecule has 1 aliphatic carbocycles. The van der Waals surface area contributed by atoms with Gasteiger partial charge in [-0.2, -0.15) is 4.31 Å². The van der Waals surface area contributed by atoms with Gasteiger partial charge in [0.25, 0.3) is 0 Å². The summed E-state index contributed by atoms with van der Waals surface area (Å²) >= 11 is 0. The monoisotopic (exact) mass is 466 g/mol. The van der Waals surface area contributed by atoms with Crippen LogP contribution in [0.4, 0.5) is 5.69 Å². The first kappa shape index (κ1) is 26.5. The molecule has 2 rings (SSSR count). The molecule has 3 N–H and O–H groups in total. The van der Waals surface area contributed by atoms with Crippen LogP contribution in [0, 0.1) is 5.41 Å². The van der Waals surface area contributed by atoms with Gasteiger partial charge in [-0.15, -0.1) is 0 Å². The van der Waals surface area contributed by atoms with Gasteiger partial charge in [0.15, 0.2) is 5.96 Å². The molecule has 32 heavy (non-hydrogen) atoms. The molecule has 1 heterocycles. The molecule has 0 amide bonds. The second-order valence-electron chi connectivity index (χ2n) is 8.95. The molecule has 0 saturated heterocycles. The van der Waals surface area contributed by atoms with Gasteiger partial charge in [0.05, 0.1) is 5.75 Å². The fraction of sp³-hybridized carbons (Fsp3) is 0.739. The minimum atomic E-state index is -3.21. The molecule has 9 heteroatoms.